The minimum Gasteiger partial charge on any atom is -0.373 e. The van der Waals surface area contributed by atoms with E-state index in [2.05, 4.69) is 0 Å². The topological polar surface area (TPSA) is 69.4 Å². The van der Waals surface area contributed by atoms with Crippen LogP contribution in [-0.2, 0) is 14.6 Å². The second kappa shape index (κ2) is 5.82. The second-order valence-electron chi connectivity index (χ2n) is 4.27. The molecular formula is C10H23NO3S. The molecule has 0 heterocycles. The van der Waals surface area contributed by atoms with Crippen LogP contribution in [-0.4, -0.2) is 38.2 Å². The summed E-state index contributed by atoms with van der Waals surface area (Å²) in [5.41, 5.74) is 5.16. The number of hydrogen-bond donors (Lipinski definition) is 1. The minimum atomic E-state index is -3.00. The van der Waals surface area contributed by atoms with Crippen molar-refractivity contribution in [1.82, 2.24) is 0 Å². The summed E-state index contributed by atoms with van der Waals surface area (Å²) in [6.07, 6.45) is 0.783. The second-order valence-corrected chi connectivity index (χ2v) is 6.95. The van der Waals surface area contributed by atoms with E-state index < -0.39 is 15.4 Å². The highest BCUT2D eigenvalue weighted by molar-refractivity contribution is 7.91. The average molecular weight is 237 g/mol. The first-order valence-electron chi connectivity index (χ1n) is 5.33. The Balaban J connectivity index is 4.10. The maximum atomic E-state index is 11.5. The fourth-order valence-corrected chi connectivity index (χ4v) is 1.73. The first-order chi connectivity index (χ1) is 6.77. The van der Waals surface area contributed by atoms with Crippen LogP contribution in [0.15, 0.2) is 0 Å². The van der Waals surface area contributed by atoms with E-state index >= 15 is 0 Å². The molecule has 1 unspecified atom stereocenters. The Kier molecular flexibility index (Phi) is 5.77. The van der Waals surface area contributed by atoms with E-state index in [4.69, 9.17) is 10.5 Å². The zero-order chi connectivity index (χ0) is 12.1. The number of rotatable bonds is 7. The third-order valence-corrected chi connectivity index (χ3v) is 4.89. The molecule has 0 aliphatic heterocycles. The summed E-state index contributed by atoms with van der Waals surface area (Å²) in [5, 5.41) is -0.341. The van der Waals surface area contributed by atoms with Gasteiger partial charge in [0, 0.05) is 6.54 Å². The molecule has 1 atom stereocenters. The van der Waals surface area contributed by atoms with Crippen molar-refractivity contribution in [2.24, 2.45) is 5.73 Å². The van der Waals surface area contributed by atoms with E-state index in [-0.39, 0.29) is 17.6 Å². The first kappa shape index (κ1) is 14.9. The molecule has 0 radical (unpaired) electrons. The summed E-state index contributed by atoms with van der Waals surface area (Å²) in [6.45, 7) is 7.86. The molecule has 0 saturated carbocycles. The average Bonchev–Trinajstić information content (AvgIpc) is 2.17. The van der Waals surface area contributed by atoms with Crippen molar-refractivity contribution < 1.29 is 13.2 Å². The Hall–Kier alpha value is -0.130. The molecule has 0 fully saturated rings. The molecule has 92 valence electrons. The van der Waals surface area contributed by atoms with Crippen LogP contribution in [0.25, 0.3) is 0 Å². The van der Waals surface area contributed by atoms with E-state index in [0.29, 0.717) is 6.54 Å². The standard InChI is InChI=1S/C10H23NO3S/c1-5-10(4,8-11)14-6-7-15(12,13)9(2)3/h9H,5-8,11H2,1-4H3. The number of sulfone groups is 1. The zero-order valence-electron chi connectivity index (χ0n) is 10.1. The van der Waals surface area contributed by atoms with Gasteiger partial charge in [-0.2, -0.15) is 0 Å². The van der Waals surface area contributed by atoms with Gasteiger partial charge in [-0.1, -0.05) is 6.92 Å². The predicted molar refractivity (Wildman–Crippen MR) is 62.6 cm³/mol. The minimum absolute atomic E-state index is 0.0697. The molecule has 0 aliphatic rings. The van der Waals surface area contributed by atoms with E-state index in [1.54, 1.807) is 13.8 Å². The fraction of sp³-hybridized carbons (Fsp3) is 1.00. The quantitative estimate of drug-likeness (QED) is 0.716. The molecular weight excluding hydrogens is 214 g/mol. The van der Waals surface area contributed by atoms with Crippen LogP contribution in [0.5, 0.6) is 0 Å². The highest BCUT2D eigenvalue weighted by Crippen LogP contribution is 2.13. The molecule has 15 heavy (non-hydrogen) atoms. The third kappa shape index (κ3) is 4.95. The van der Waals surface area contributed by atoms with Gasteiger partial charge in [0.1, 0.15) is 0 Å². The van der Waals surface area contributed by atoms with Crippen LogP contribution < -0.4 is 5.73 Å². The predicted octanol–water partition coefficient (Wildman–Crippen LogP) is 0.954. The number of hydrogen-bond acceptors (Lipinski definition) is 4. The van der Waals surface area contributed by atoms with Gasteiger partial charge in [-0.05, 0) is 27.2 Å². The molecule has 5 heteroatoms. The molecule has 0 amide bonds. The van der Waals surface area contributed by atoms with Crippen LogP contribution in [0, 0.1) is 0 Å². The summed E-state index contributed by atoms with van der Waals surface area (Å²) in [4.78, 5) is 0. The summed E-state index contributed by atoms with van der Waals surface area (Å²) >= 11 is 0. The van der Waals surface area contributed by atoms with Gasteiger partial charge >= 0.3 is 0 Å². The van der Waals surface area contributed by atoms with Crippen molar-refractivity contribution in [3.63, 3.8) is 0 Å². The summed E-state index contributed by atoms with van der Waals surface area (Å²) in [7, 11) is -3.00. The van der Waals surface area contributed by atoms with Crippen LogP contribution in [0.3, 0.4) is 0 Å². The van der Waals surface area contributed by atoms with Crippen LogP contribution >= 0.6 is 0 Å². The first-order valence-corrected chi connectivity index (χ1v) is 7.04. The van der Waals surface area contributed by atoms with E-state index in [0.717, 1.165) is 6.42 Å². The highest BCUT2D eigenvalue weighted by Gasteiger charge is 2.22. The SMILES string of the molecule is CCC(C)(CN)OCCS(=O)(=O)C(C)C. The molecule has 0 saturated heterocycles. The summed E-state index contributed by atoms with van der Waals surface area (Å²) in [6, 6.07) is 0. The van der Waals surface area contributed by atoms with Gasteiger partial charge < -0.3 is 10.5 Å². The van der Waals surface area contributed by atoms with Gasteiger partial charge in [0.05, 0.1) is 23.2 Å². The van der Waals surface area contributed by atoms with E-state index in [1.807, 2.05) is 13.8 Å². The molecule has 0 bridgehead atoms. The van der Waals surface area contributed by atoms with Crippen molar-refractivity contribution in [3.05, 3.63) is 0 Å². The fourth-order valence-electron chi connectivity index (χ4n) is 0.945. The van der Waals surface area contributed by atoms with Crippen molar-refractivity contribution >= 4 is 9.84 Å². The Morgan fingerprint density at radius 3 is 2.27 bits per heavy atom. The van der Waals surface area contributed by atoms with Crippen molar-refractivity contribution in [1.29, 1.82) is 0 Å². The van der Waals surface area contributed by atoms with Gasteiger partial charge in [0.25, 0.3) is 0 Å². The molecule has 0 spiro atoms. The lowest BCUT2D eigenvalue weighted by atomic mass is 10.0. The van der Waals surface area contributed by atoms with Crippen LogP contribution in [0.1, 0.15) is 34.1 Å². The van der Waals surface area contributed by atoms with Gasteiger partial charge in [0.2, 0.25) is 0 Å². The monoisotopic (exact) mass is 237 g/mol. The van der Waals surface area contributed by atoms with Crippen LogP contribution in [0.4, 0.5) is 0 Å². The molecule has 0 aliphatic carbocycles. The summed E-state index contributed by atoms with van der Waals surface area (Å²) in [5.74, 6) is 0.0697. The Morgan fingerprint density at radius 2 is 1.93 bits per heavy atom. The maximum absolute atomic E-state index is 11.5. The van der Waals surface area contributed by atoms with Crippen molar-refractivity contribution in [2.45, 2.75) is 45.0 Å². The van der Waals surface area contributed by atoms with Gasteiger partial charge in [-0.15, -0.1) is 0 Å². The zero-order valence-corrected chi connectivity index (χ0v) is 10.9. The number of ether oxygens (including phenoxy) is 1. The third-order valence-electron chi connectivity index (χ3n) is 2.72. The summed E-state index contributed by atoms with van der Waals surface area (Å²) < 4.78 is 28.5. The molecule has 0 aromatic heterocycles. The Labute approximate surface area is 93.1 Å². The molecule has 0 rings (SSSR count). The van der Waals surface area contributed by atoms with Gasteiger partial charge in [-0.3, -0.25) is 0 Å². The van der Waals surface area contributed by atoms with Crippen molar-refractivity contribution in [2.75, 3.05) is 18.9 Å². The maximum Gasteiger partial charge on any atom is 0.154 e. The lowest BCUT2D eigenvalue weighted by Crippen LogP contribution is -2.38. The van der Waals surface area contributed by atoms with Gasteiger partial charge in [0.15, 0.2) is 9.84 Å². The normalized spacial score (nSPS) is 16.7. The largest absolute Gasteiger partial charge is 0.373 e. The van der Waals surface area contributed by atoms with Crippen LogP contribution in [0.2, 0.25) is 0 Å². The smallest absolute Gasteiger partial charge is 0.154 e. The number of nitrogens with two attached hydrogens (primary N) is 1. The Morgan fingerprint density at radius 1 is 1.40 bits per heavy atom. The molecule has 4 nitrogen and oxygen atoms in total. The van der Waals surface area contributed by atoms with E-state index in [1.165, 1.54) is 0 Å². The lowest BCUT2D eigenvalue weighted by molar-refractivity contribution is -0.0191. The highest BCUT2D eigenvalue weighted by atomic mass is 32.2. The molecule has 0 aromatic rings. The van der Waals surface area contributed by atoms with Gasteiger partial charge in [-0.25, -0.2) is 8.42 Å². The van der Waals surface area contributed by atoms with E-state index in [9.17, 15) is 8.42 Å². The molecule has 2 N–H and O–H groups in total. The molecule has 0 aromatic carbocycles. The lowest BCUT2D eigenvalue weighted by Gasteiger charge is -2.27. The Bertz CT molecular complexity index is 268. The van der Waals surface area contributed by atoms with Crippen molar-refractivity contribution in [3.8, 4) is 0 Å².